The van der Waals surface area contributed by atoms with Gasteiger partial charge < -0.3 is 9.64 Å². The van der Waals surface area contributed by atoms with Crippen LogP contribution in [0.25, 0.3) is 5.57 Å². The van der Waals surface area contributed by atoms with Gasteiger partial charge in [-0.3, -0.25) is 0 Å². The molecule has 2 fully saturated rings. The summed E-state index contributed by atoms with van der Waals surface area (Å²) in [7, 11) is 0. The second kappa shape index (κ2) is 11.0. The molecule has 0 N–H and O–H groups in total. The summed E-state index contributed by atoms with van der Waals surface area (Å²) in [6, 6.07) is 2.05. The second-order valence-electron chi connectivity index (χ2n) is 6.94. The summed E-state index contributed by atoms with van der Waals surface area (Å²) in [4.78, 5) is 15.2. The van der Waals surface area contributed by atoms with Gasteiger partial charge in [-0.05, 0) is 80.4 Å². The van der Waals surface area contributed by atoms with E-state index in [1.807, 2.05) is 5.38 Å². The van der Waals surface area contributed by atoms with Gasteiger partial charge in [0.05, 0.1) is 12.2 Å². The monoisotopic (exact) mass is 383 g/mol. The Morgan fingerprint density at radius 1 is 1.08 bits per heavy atom. The highest BCUT2D eigenvalue weighted by atomic mass is 35.5. The van der Waals surface area contributed by atoms with Crippen molar-refractivity contribution < 1.29 is 9.53 Å². The largest absolute Gasteiger partial charge is 0.462 e. The smallest absolute Gasteiger partial charge is 0.338 e. The van der Waals surface area contributed by atoms with Crippen molar-refractivity contribution in [2.45, 2.75) is 57.8 Å². The van der Waals surface area contributed by atoms with Crippen LogP contribution in [0, 0.1) is 0 Å². The van der Waals surface area contributed by atoms with Gasteiger partial charge in [-0.2, -0.15) is 11.3 Å². The number of rotatable bonds is 6. The molecule has 1 saturated heterocycles. The Hall–Kier alpha value is -0.840. The Morgan fingerprint density at radius 3 is 2.48 bits per heavy atom. The fraction of sp³-hybridized carbons (Fsp3) is 0.650. The molecule has 0 radical (unpaired) electrons. The van der Waals surface area contributed by atoms with Crippen molar-refractivity contribution in [2.75, 3.05) is 26.2 Å². The van der Waals surface area contributed by atoms with Crippen LogP contribution in [-0.4, -0.2) is 37.1 Å². The molecule has 1 aromatic heterocycles. The first-order chi connectivity index (χ1) is 11.8. The SMILES string of the molecule is Cl.O=C(OCCCN1CCCCC1)C(=C1CCCCC1)c1ccsc1. The van der Waals surface area contributed by atoms with Crippen LogP contribution in [0.4, 0.5) is 0 Å². The molecule has 0 spiro atoms. The van der Waals surface area contributed by atoms with E-state index >= 15 is 0 Å². The average molecular weight is 384 g/mol. The highest BCUT2D eigenvalue weighted by molar-refractivity contribution is 7.08. The molecule has 0 amide bonds. The average Bonchev–Trinajstić information content (AvgIpc) is 3.15. The van der Waals surface area contributed by atoms with Gasteiger partial charge in [-0.25, -0.2) is 4.79 Å². The van der Waals surface area contributed by atoms with Gasteiger partial charge in [0.2, 0.25) is 0 Å². The third-order valence-corrected chi connectivity index (χ3v) is 5.81. The van der Waals surface area contributed by atoms with E-state index in [1.54, 1.807) is 11.3 Å². The topological polar surface area (TPSA) is 29.5 Å². The lowest BCUT2D eigenvalue weighted by Crippen LogP contribution is -2.31. The van der Waals surface area contributed by atoms with Crippen LogP contribution < -0.4 is 0 Å². The zero-order chi connectivity index (χ0) is 16.6. The third-order valence-electron chi connectivity index (χ3n) is 5.13. The number of ether oxygens (including phenoxy) is 1. The molecule has 1 aliphatic heterocycles. The molecule has 3 nitrogen and oxygen atoms in total. The molecule has 1 aromatic rings. The number of likely N-dealkylation sites (tertiary alicyclic amines) is 1. The van der Waals surface area contributed by atoms with E-state index in [0.29, 0.717) is 6.61 Å². The Bertz CT molecular complexity index is 542. The van der Waals surface area contributed by atoms with E-state index in [1.165, 1.54) is 57.2 Å². The lowest BCUT2D eigenvalue weighted by Gasteiger charge is -2.26. The zero-order valence-corrected chi connectivity index (χ0v) is 16.6. The van der Waals surface area contributed by atoms with Gasteiger partial charge in [0.25, 0.3) is 0 Å². The van der Waals surface area contributed by atoms with Gasteiger partial charge in [-0.15, -0.1) is 12.4 Å². The quantitative estimate of drug-likeness (QED) is 0.379. The van der Waals surface area contributed by atoms with Crippen LogP contribution >= 0.6 is 23.7 Å². The maximum Gasteiger partial charge on any atom is 0.338 e. The number of carbonyl (C=O) groups is 1. The number of piperidine rings is 1. The summed E-state index contributed by atoms with van der Waals surface area (Å²) in [5, 5.41) is 4.12. The summed E-state index contributed by atoms with van der Waals surface area (Å²) in [5.41, 5.74) is 3.22. The summed E-state index contributed by atoms with van der Waals surface area (Å²) in [5.74, 6) is -0.107. The van der Waals surface area contributed by atoms with Crippen LogP contribution in [0.15, 0.2) is 22.4 Å². The molecule has 0 unspecified atom stereocenters. The van der Waals surface area contributed by atoms with Crippen molar-refractivity contribution in [3.8, 4) is 0 Å². The molecule has 1 saturated carbocycles. The molecular formula is C20H30ClNO2S. The van der Waals surface area contributed by atoms with E-state index in [0.717, 1.165) is 36.9 Å². The summed E-state index contributed by atoms with van der Waals surface area (Å²) in [6.07, 6.45) is 10.7. The van der Waals surface area contributed by atoms with Gasteiger partial charge in [0, 0.05) is 6.54 Å². The van der Waals surface area contributed by atoms with E-state index in [4.69, 9.17) is 4.74 Å². The number of hydrogen-bond donors (Lipinski definition) is 0. The molecule has 5 heteroatoms. The summed E-state index contributed by atoms with van der Waals surface area (Å²) in [6.45, 7) is 4.00. The minimum absolute atomic E-state index is 0. The standard InChI is InChI=1S/C20H29NO2S.ClH/c22-20(23-14-7-13-21-11-5-2-6-12-21)19(18-10-15-24-16-18)17-8-3-1-4-9-17;/h10,15-16H,1-9,11-14H2;1H. The van der Waals surface area contributed by atoms with E-state index in [2.05, 4.69) is 16.3 Å². The summed E-state index contributed by atoms with van der Waals surface area (Å²) >= 11 is 1.65. The molecule has 2 aliphatic rings. The highest BCUT2D eigenvalue weighted by Gasteiger charge is 2.21. The van der Waals surface area contributed by atoms with Crippen molar-refractivity contribution in [1.29, 1.82) is 0 Å². The summed E-state index contributed by atoms with van der Waals surface area (Å²) < 4.78 is 5.65. The first-order valence-corrected chi connectivity index (χ1v) is 10.4. The number of thiophene rings is 1. The van der Waals surface area contributed by atoms with Crippen molar-refractivity contribution >= 4 is 35.3 Å². The minimum atomic E-state index is -0.107. The molecule has 25 heavy (non-hydrogen) atoms. The van der Waals surface area contributed by atoms with Crippen LogP contribution in [0.2, 0.25) is 0 Å². The van der Waals surface area contributed by atoms with Crippen molar-refractivity contribution in [3.63, 3.8) is 0 Å². The molecule has 140 valence electrons. The maximum atomic E-state index is 12.7. The van der Waals surface area contributed by atoms with E-state index < -0.39 is 0 Å². The third kappa shape index (κ3) is 6.12. The Kier molecular flexibility index (Phi) is 9.00. The van der Waals surface area contributed by atoms with Crippen molar-refractivity contribution in [3.05, 3.63) is 28.0 Å². The molecule has 1 aliphatic carbocycles. The molecule has 0 aromatic carbocycles. The number of halogens is 1. The Morgan fingerprint density at radius 2 is 1.80 bits per heavy atom. The molecule has 0 bridgehead atoms. The molecule has 2 heterocycles. The van der Waals surface area contributed by atoms with Gasteiger partial charge in [0.1, 0.15) is 0 Å². The number of allylic oxidation sites excluding steroid dienone is 1. The predicted molar refractivity (Wildman–Crippen MR) is 107 cm³/mol. The van der Waals surface area contributed by atoms with Crippen molar-refractivity contribution in [2.24, 2.45) is 0 Å². The van der Waals surface area contributed by atoms with Crippen molar-refractivity contribution in [1.82, 2.24) is 4.90 Å². The van der Waals surface area contributed by atoms with Crippen LogP contribution in [0.1, 0.15) is 63.4 Å². The lowest BCUT2D eigenvalue weighted by atomic mass is 9.89. The molecule has 0 atom stereocenters. The number of carbonyl (C=O) groups excluding carboxylic acids is 1. The Balaban J connectivity index is 0.00000225. The van der Waals surface area contributed by atoms with E-state index in [-0.39, 0.29) is 18.4 Å². The zero-order valence-electron chi connectivity index (χ0n) is 15.0. The number of esters is 1. The van der Waals surface area contributed by atoms with E-state index in [9.17, 15) is 4.79 Å². The predicted octanol–water partition coefficient (Wildman–Crippen LogP) is 5.31. The molecular weight excluding hydrogens is 354 g/mol. The highest BCUT2D eigenvalue weighted by Crippen LogP contribution is 2.32. The molecule has 3 rings (SSSR count). The second-order valence-corrected chi connectivity index (χ2v) is 7.72. The minimum Gasteiger partial charge on any atom is -0.462 e. The Labute approximate surface area is 161 Å². The maximum absolute atomic E-state index is 12.7. The van der Waals surface area contributed by atoms with Gasteiger partial charge >= 0.3 is 5.97 Å². The van der Waals surface area contributed by atoms with Crippen LogP contribution in [0.5, 0.6) is 0 Å². The normalized spacial score (nSPS) is 18.5. The van der Waals surface area contributed by atoms with Crippen LogP contribution in [0.3, 0.4) is 0 Å². The fourth-order valence-electron chi connectivity index (χ4n) is 3.81. The van der Waals surface area contributed by atoms with Gasteiger partial charge in [-0.1, -0.05) is 18.4 Å². The number of nitrogens with zero attached hydrogens (tertiary/aromatic N) is 1. The van der Waals surface area contributed by atoms with Gasteiger partial charge in [0.15, 0.2) is 0 Å². The fourth-order valence-corrected chi connectivity index (χ4v) is 4.46. The number of hydrogen-bond acceptors (Lipinski definition) is 4. The first-order valence-electron chi connectivity index (χ1n) is 9.48. The lowest BCUT2D eigenvalue weighted by molar-refractivity contribution is -0.136. The first kappa shape index (κ1) is 20.5. The van der Waals surface area contributed by atoms with Crippen LogP contribution in [-0.2, 0) is 9.53 Å².